The summed E-state index contributed by atoms with van der Waals surface area (Å²) in [6.45, 7) is 4.83. The molecule has 1 fully saturated rings. The van der Waals surface area contributed by atoms with Crippen molar-refractivity contribution in [3.8, 4) is 11.1 Å². The Morgan fingerprint density at radius 3 is 1.98 bits per heavy atom. The Hall–Kier alpha value is -4.92. The second-order valence-corrected chi connectivity index (χ2v) is 13.8. The smallest absolute Gasteiger partial charge is 0.449 e. The molecule has 0 radical (unpaired) electrons. The fraction of sp³-hybridized carbons (Fsp3) is 0.410. The van der Waals surface area contributed by atoms with E-state index in [9.17, 15) is 37.1 Å². The van der Waals surface area contributed by atoms with E-state index < -0.39 is 30.2 Å². The number of alkyl halides is 4. The highest BCUT2D eigenvalue weighted by Gasteiger charge is 2.39. The van der Waals surface area contributed by atoms with Crippen LogP contribution in [-0.4, -0.2) is 60.4 Å². The summed E-state index contributed by atoms with van der Waals surface area (Å²) in [5.41, 5.74) is 9.84. The summed E-state index contributed by atoms with van der Waals surface area (Å²) in [6, 6.07) is 22.9. The molecule has 0 aliphatic heterocycles. The SMILES string of the molecule is CC[C@H](NC(=O)OCC1c2ccccc2-c2ccccc21)C(=O)CBr.Cc1ccc(CNC(=O)C2CCC(CNC(=O)NNC(=O)C(F)(F)F)CC2)cc1. The number of fused-ring (bicyclic) bond motifs is 3. The van der Waals surface area contributed by atoms with Gasteiger partial charge in [-0.2, -0.15) is 13.2 Å². The number of urea groups is 1. The van der Waals surface area contributed by atoms with Crippen LogP contribution in [0.2, 0.25) is 0 Å². The first-order valence-corrected chi connectivity index (χ1v) is 18.9. The van der Waals surface area contributed by atoms with Crippen molar-refractivity contribution in [3.05, 3.63) is 95.1 Å². The van der Waals surface area contributed by atoms with Gasteiger partial charge < -0.3 is 20.7 Å². The number of hydrogen-bond donors (Lipinski definition) is 5. The van der Waals surface area contributed by atoms with Crippen molar-refractivity contribution in [3.63, 3.8) is 0 Å². The molecule has 1 atom stereocenters. The number of aryl methyl sites for hydroxylation is 1. The van der Waals surface area contributed by atoms with Crippen LogP contribution in [0.3, 0.4) is 0 Å². The van der Waals surface area contributed by atoms with Gasteiger partial charge in [0.15, 0.2) is 5.78 Å². The van der Waals surface area contributed by atoms with Gasteiger partial charge in [-0.15, -0.1) is 0 Å². The van der Waals surface area contributed by atoms with Crippen LogP contribution in [0, 0.1) is 18.8 Å². The van der Waals surface area contributed by atoms with Gasteiger partial charge in [-0.25, -0.2) is 15.0 Å². The summed E-state index contributed by atoms with van der Waals surface area (Å²) < 4.78 is 41.5. The van der Waals surface area contributed by atoms with Gasteiger partial charge in [-0.05, 0) is 72.8 Å². The Labute approximate surface area is 320 Å². The van der Waals surface area contributed by atoms with Gasteiger partial charge in [0.2, 0.25) is 5.91 Å². The maximum absolute atomic E-state index is 12.3. The van der Waals surface area contributed by atoms with Crippen LogP contribution in [-0.2, 0) is 25.7 Å². The number of Topliss-reactive ketones (excluding diaryl/α,β-unsaturated/α-hetero) is 1. The molecular formula is C39H45BrF3N5O6. The van der Waals surface area contributed by atoms with Crippen LogP contribution in [0.1, 0.15) is 67.2 Å². The Morgan fingerprint density at radius 2 is 1.43 bits per heavy atom. The van der Waals surface area contributed by atoms with Crippen LogP contribution in [0.25, 0.3) is 11.1 Å². The van der Waals surface area contributed by atoms with Crippen LogP contribution in [0.4, 0.5) is 22.8 Å². The molecule has 3 aromatic carbocycles. The highest BCUT2D eigenvalue weighted by Crippen LogP contribution is 2.44. The third kappa shape index (κ3) is 12.1. The molecule has 5 rings (SSSR count). The number of amides is 5. The van der Waals surface area contributed by atoms with Crippen molar-refractivity contribution in [1.29, 1.82) is 0 Å². The van der Waals surface area contributed by atoms with Crippen molar-refractivity contribution in [2.24, 2.45) is 11.8 Å². The van der Waals surface area contributed by atoms with Crippen molar-refractivity contribution in [2.45, 2.75) is 70.6 Å². The lowest BCUT2D eigenvalue weighted by Crippen LogP contribution is -2.51. The number of rotatable bonds is 11. The normalized spacial score (nSPS) is 16.6. The van der Waals surface area contributed by atoms with E-state index in [0.29, 0.717) is 25.8 Å². The molecule has 15 heteroatoms. The lowest BCUT2D eigenvalue weighted by molar-refractivity contribution is -0.174. The van der Waals surface area contributed by atoms with E-state index in [1.54, 1.807) is 5.43 Å². The summed E-state index contributed by atoms with van der Waals surface area (Å²) in [6.07, 6.45) is -2.28. The summed E-state index contributed by atoms with van der Waals surface area (Å²) in [5, 5.41) is 8.23. The summed E-state index contributed by atoms with van der Waals surface area (Å²) >= 11 is 3.13. The van der Waals surface area contributed by atoms with Crippen molar-refractivity contribution < 1.29 is 41.9 Å². The molecule has 0 bridgehead atoms. The third-order valence-electron chi connectivity index (χ3n) is 9.47. The summed E-state index contributed by atoms with van der Waals surface area (Å²) in [7, 11) is 0. The van der Waals surface area contributed by atoms with Gasteiger partial charge in [0.05, 0.1) is 11.4 Å². The van der Waals surface area contributed by atoms with Crippen LogP contribution < -0.4 is 26.8 Å². The third-order valence-corrected chi connectivity index (χ3v) is 10.0. The average molecular weight is 817 g/mol. The number of benzene rings is 3. The number of carbonyl (C=O) groups excluding carboxylic acids is 5. The summed E-state index contributed by atoms with van der Waals surface area (Å²) in [4.78, 5) is 58.3. The first-order valence-electron chi connectivity index (χ1n) is 17.7. The second-order valence-electron chi connectivity index (χ2n) is 13.2. The lowest BCUT2D eigenvalue weighted by Gasteiger charge is -2.28. The van der Waals surface area contributed by atoms with E-state index in [4.69, 9.17) is 4.74 Å². The zero-order valence-electron chi connectivity index (χ0n) is 30.1. The lowest BCUT2D eigenvalue weighted by atomic mass is 9.81. The van der Waals surface area contributed by atoms with E-state index in [1.165, 1.54) is 27.7 Å². The number of hydrogen-bond acceptors (Lipinski definition) is 6. The molecular weight excluding hydrogens is 771 g/mol. The van der Waals surface area contributed by atoms with E-state index in [2.05, 4.69) is 56.1 Å². The van der Waals surface area contributed by atoms with Gasteiger partial charge in [-0.1, -0.05) is 101 Å². The van der Waals surface area contributed by atoms with Gasteiger partial charge >= 0.3 is 24.2 Å². The molecule has 5 amide bonds. The molecule has 0 saturated heterocycles. The zero-order chi connectivity index (χ0) is 39.3. The fourth-order valence-corrected chi connectivity index (χ4v) is 6.81. The highest BCUT2D eigenvalue weighted by molar-refractivity contribution is 9.09. The zero-order valence-corrected chi connectivity index (χ0v) is 31.6. The number of carbonyl (C=O) groups is 5. The molecule has 2 aliphatic carbocycles. The first-order chi connectivity index (χ1) is 25.8. The Morgan fingerprint density at radius 1 is 0.833 bits per heavy atom. The molecule has 0 unspecified atom stereocenters. The number of alkyl carbamates (subject to hydrolysis) is 1. The first kappa shape index (κ1) is 41.8. The maximum atomic E-state index is 12.3. The van der Waals surface area contributed by atoms with E-state index in [0.717, 1.165) is 24.0 Å². The molecule has 54 heavy (non-hydrogen) atoms. The van der Waals surface area contributed by atoms with Crippen molar-refractivity contribution >= 4 is 45.7 Å². The van der Waals surface area contributed by atoms with Gasteiger partial charge in [0, 0.05) is 24.9 Å². The standard InChI is InChI=1S/C20H20BrNO3.C19H25F3N4O3/c1-2-18(19(23)11-21)22-20(24)25-12-17-15-9-5-3-7-13(15)14-8-4-6-10-16(14)17;1-12-2-4-13(5-3-12)10-23-16(27)15-8-6-14(7-9-15)11-24-18(29)26-25-17(28)19(20,21)22/h3-10,17-18H,2,11-12H2,1H3,(H,22,24);2-5,14-15H,6-11H2,1H3,(H,23,27)(H,25,28)(H2,24,26,29)/t18-;/m0./s1. The number of ketones is 1. The monoisotopic (exact) mass is 815 g/mol. The molecule has 11 nitrogen and oxygen atoms in total. The van der Waals surface area contributed by atoms with E-state index in [1.807, 2.05) is 62.4 Å². The molecule has 1 saturated carbocycles. The van der Waals surface area contributed by atoms with Crippen molar-refractivity contribution in [1.82, 2.24) is 26.8 Å². The molecule has 0 aromatic heterocycles. The maximum Gasteiger partial charge on any atom is 0.472 e. The predicted molar refractivity (Wildman–Crippen MR) is 200 cm³/mol. The minimum absolute atomic E-state index is 0.00425. The highest BCUT2D eigenvalue weighted by atomic mass is 79.9. The Bertz CT molecular complexity index is 1720. The van der Waals surface area contributed by atoms with E-state index in [-0.39, 0.29) is 47.9 Å². The van der Waals surface area contributed by atoms with Crippen LogP contribution >= 0.6 is 15.9 Å². The molecule has 5 N–H and O–H groups in total. The largest absolute Gasteiger partial charge is 0.472 e. The number of halogens is 4. The second kappa shape index (κ2) is 20.0. The Kier molecular flexibility index (Phi) is 15.5. The van der Waals surface area contributed by atoms with Crippen LogP contribution in [0.5, 0.6) is 0 Å². The molecule has 290 valence electrons. The minimum Gasteiger partial charge on any atom is -0.449 e. The van der Waals surface area contributed by atoms with E-state index >= 15 is 0 Å². The fourth-order valence-electron chi connectivity index (χ4n) is 6.42. The minimum atomic E-state index is -5.06. The average Bonchev–Trinajstić information content (AvgIpc) is 3.50. The van der Waals surface area contributed by atoms with Gasteiger partial charge in [0.25, 0.3) is 0 Å². The quantitative estimate of drug-likeness (QED) is 0.109. The Balaban J connectivity index is 0.000000243. The molecule has 0 spiro atoms. The predicted octanol–water partition coefficient (Wildman–Crippen LogP) is 6.58. The number of ether oxygens (including phenoxy) is 1. The molecule has 3 aromatic rings. The number of hydrazine groups is 1. The van der Waals surface area contributed by atoms with Gasteiger partial charge in [0.1, 0.15) is 6.61 Å². The number of nitrogens with one attached hydrogen (secondary N) is 5. The van der Waals surface area contributed by atoms with Crippen LogP contribution in [0.15, 0.2) is 72.8 Å². The summed E-state index contributed by atoms with van der Waals surface area (Å²) in [5.74, 6) is -2.24. The molecule has 0 heterocycles. The topological polar surface area (TPSA) is 155 Å². The van der Waals surface area contributed by atoms with Crippen molar-refractivity contribution in [2.75, 3.05) is 18.5 Å². The molecule has 2 aliphatic rings. The van der Waals surface area contributed by atoms with Gasteiger partial charge in [-0.3, -0.25) is 19.8 Å².